The van der Waals surface area contributed by atoms with Gasteiger partial charge in [0.25, 0.3) is 5.91 Å². The second kappa shape index (κ2) is 7.10. The molecular weight excluding hydrogens is 308 g/mol. The number of amides is 2. The van der Waals surface area contributed by atoms with Gasteiger partial charge in [-0.15, -0.1) is 0 Å². The van der Waals surface area contributed by atoms with E-state index in [1.807, 2.05) is 6.07 Å². The number of aromatic nitrogens is 1. The molecule has 0 aliphatic carbocycles. The Bertz CT molecular complexity index is 740. The molecule has 7 heteroatoms. The van der Waals surface area contributed by atoms with Crippen LogP contribution >= 0.6 is 0 Å². The number of anilines is 2. The molecule has 0 saturated carbocycles. The van der Waals surface area contributed by atoms with Crippen LogP contribution in [0, 0.1) is 0 Å². The quantitative estimate of drug-likeness (QED) is 0.882. The molecular formula is C17H18N4O3. The maximum atomic E-state index is 12.4. The van der Waals surface area contributed by atoms with Crippen LogP contribution in [-0.4, -0.2) is 43.1 Å². The van der Waals surface area contributed by atoms with E-state index in [-0.39, 0.29) is 5.91 Å². The molecule has 3 rings (SSSR count). The average molecular weight is 326 g/mol. The van der Waals surface area contributed by atoms with Gasteiger partial charge in [0.15, 0.2) is 5.82 Å². The van der Waals surface area contributed by atoms with Gasteiger partial charge in [-0.25, -0.2) is 4.98 Å². The van der Waals surface area contributed by atoms with Crippen LogP contribution < -0.4 is 16.0 Å². The third kappa shape index (κ3) is 3.52. The molecule has 2 heterocycles. The molecule has 0 radical (unpaired) electrons. The highest BCUT2D eigenvalue weighted by Crippen LogP contribution is 2.24. The van der Waals surface area contributed by atoms with E-state index < -0.39 is 5.91 Å². The molecule has 1 aliphatic heterocycles. The van der Waals surface area contributed by atoms with Crippen LogP contribution in [0.1, 0.15) is 20.7 Å². The highest BCUT2D eigenvalue weighted by molar-refractivity contribution is 6.06. The Morgan fingerprint density at radius 1 is 1.08 bits per heavy atom. The van der Waals surface area contributed by atoms with Crippen molar-refractivity contribution in [2.45, 2.75) is 0 Å². The second-order valence-electron chi connectivity index (χ2n) is 5.37. The number of carbonyl (C=O) groups is 2. The Hall–Kier alpha value is -2.93. The van der Waals surface area contributed by atoms with Crippen LogP contribution in [-0.2, 0) is 4.74 Å². The number of primary amides is 1. The highest BCUT2D eigenvalue weighted by atomic mass is 16.5. The molecule has 124 valence electrons. The number of nitrogens with two attached hydrogens (primary N) is 1. The number of benzene rings is 1. The maximum absolute atomic E-state index is 12.4. The summed E-state index contributed by atoms with van der Waals surface area (Å²) in [7, 11) is 0. The lowest BCUT2D eigenvalue weighted by Gasteiger charge is -2.29. The molecule has 1 aromatic heterocycles. The summed E-state index contributed by atoms with van der Waals surface area (Å²) >= 11 is 0. The predicted octanol–water partition coefficient (Wildman–Crippen LogP) is 1.27. The van der Waals surface area contributed by atoms with Gasteiger partial charge in [0.1, 0.15) is 0 Å². The highest BCUT2D eigenvalue weighted by Gasteiger charge is 2.17. The summed E-state index contributed by atoms with van der Waals surface area (Å²) in [6, 6.07) is 9.79. The van der Waals surface area contributed by atoms with Crippen LogP contribution in [0.5, 0.6) is 0 Å². The Balaban J connectivity index is 1.77. The first kappa shape index (κ1) is 15.9. The van der Waals surface area contributed by atoms with Crippen molar-refractivity contribution in [2.75, 3.05) is 36.5 Å². The topological polar surface area (TPSA) is 97.5 Å². The van der Waals surface area contributed by atoms with Gasteiger partial charge in [0.2, 0.25) is 5.91 Å². The van der Waals surface area contributed by atoms with Crippen molar-refractivity contribution >= 4 is 23.3 Å². The zero-order valence-electron chi connectivity index (χ0n) is 13.1. The summed E-state index contributed by atoms with van der Waals surface area (Å²) in [5, 5.41) is 2.87. The predicted molar refractivity (Wildman–Crippen MR) is 90.2 cm³/mol. The minimum atomic E-state index is -0.524. The first-order valence-electron chi connectivity index (χ1n) is 7.64. The minimum absolute atomic E-state index is 0.270. The molecule has 0 spiro atoms. The van der Waals surface area contributed by atoms with Gasteiger partial charge in [-0.1, -0.05) is 0 Å². The van der Waals surface area contributed by atoms with Gasteiger partial charge in [-0.05, 0) is 36.4 Å². The van der Waals surface area contributed by atoms with E-state index in [1.54, 1.807) is 24.4 Å². The summed E-state index contributed by atoms with van der Waals surface area (Å²) in [5.74, 6) is -0.0692. The zero-order chi connectivity index (χ0) is 16.9. The van der Waals surface area contributed by atoms with Crippen molar-refractivity contribution in [3.63, 3.8) is 0 Å². The standard InChI is InChI=1S/C17H18N4O3/c18-15(22)12-3-5-13(6-4-12)17(23)20-14-2-1-7-19-16(14)21-8-10-24-11-9-21/h1-7H,8-11H2,(H2,18,22)(H,20,23). The van der Waals surface area contributed by atoms with E-state index in [0.29, 0.717) is 30.0 Å². The van der Waals surface area contributed by atoms with Crippen LogP contribution in [0.2, 0.25) is 0 Å². The van der Waals surface area contributed by atoms with Crippen LogP contribution in [0.4, 0.5) is 11.5 Å². The van der Waals surface area contributed by atoms with Gasteiger partial charge >= 0.3 is 0 Å². The molecule has 24 heavy (non-hydrogen) atoms. The number of rotatable bonds is 4. The monoisotopic (exact) mass is 326 g/mol. The SMILES string of the molecule is NC(=O)c1ccc(C(=O)Nc2cccnc2N2CCOCC2)cc1. The molecule has 1 fully saturated rings. The summed E-state index contributed by atoms with van der Waals surface area (Å²) in [4.78, 5) is 30.0. The van der Waals surface area contributed by atoms with E-state index in [2.05, 4.69) is 15.2 Å². The number of nitrogens with one attached hydrogen (secondary N) is 1. The van der Waals surface area contributed by atoms with Gasteiger partial charge in [0.05, 0.1) is 18.9 Å². The van der Waals surface area contributed by atoms with Crippen molar-refractivity contribution in [1.82, 2.24) is 4.98 Å². The first-order chi connectivity index (χ1) is 11.6. The number of pyridine rings is 1. The lowest BCUT2D eigenvalue weighted by atomic mass is 10.1. The third-order valence-electron chi connectivity index (χ3n) is 3.78. The molecule has 1 aliphatic rings. The second-order valence-corrected chi connectivity index (χ2v) is 5.37. The molecule has 0 unspecified atom stereocenters. The smallest absolute Gasteiger partial charge is 0.255 e. The third-order valence-corrected chi connectivity index (χ3v) is 3.78. The Labute approximate surface area is 139 Å². The largest absolute Gasteiger partial charge is 0.378 e. The molecule has 7 nitrogen and oxygen atoms in total. The van der Waals surface area contributed by atoms with Crippen molar-refractivity contribution in [3.05, 3.63) is 53.7 Å². The van der Waals surface area contributed by atoms with Crippen LogP contribution in [0.25, 0.3) is 0 Å². The number of carbonyl (C=O) groups excluding carboxylic acids is 2. The summed E-state index contributed by atoms with van der Waals surface area (Å²) < 4.78 is 5.35. The fraction of sp³-hybridized carbons (Fsp3) is 0.235. The Morgan fingerprint density at radius 2 is 1.75 bits per heavy atom. The molecule has 2 amide bonds. The van der Waals surface area contributed by atoms with E-state index >= 15 is 0 Å². The number of hydrogen-bond donors (Lipinski definition) is 2. The number of morpholine rings is 1. The number of ether oxygens (including phenoxy) is 1. The van der Waals surface area contributed by atoms with Gasteiger partial charge in [-0.3, -0.25) is 9.59 Å². The lowest BCUT2D eigenvalue weighted by Crippen LogP contribution is -2.37. The van der Waals surface area contributed by atoms with Crippen molar-refractivity contribution in [3.8, 4) is 0 Å². The minimum Gasteiger partial charge on any atom is -0.378 e. The van der Waals surface area contributed by atoms with E-state index in [1.165, 1.54) is 12.1 Å². The Kier molecular flexibility index (Phi) is 4.72. The van der Waals surface area contributed by atoms with E-state index in [9.17, 15) is 9.59 Å². The number of hydrogen-bond acceptors (Lipinski definition) is 5. The lowest BCUT2D eigenvalue weighted by molar-refractivity contribution is 0.0995. The average Bonchev–Trinajstić information content (AvgIpc) is 2.63. The molecule has 1 aromatic carbocycles. The normalized spacial score (nSPS) is 14.2. The van der Waals surface area contributed by atoms with Crippen LogP contribution in [0.3, 0.4) is 0 Å². The molecule has 0 atom stereocenters. The van der Waals surface area contributed by atoms with E-state index in [0.717, 1.165) is 18.9 Å². The van der Waals surface area contributed by atoms with Gasteiger partial charge < -0.3 is 20.7 Å². The van der Waals surface area contributed by atoms with Crippen molar-refractivity contribution in [1.29, 1.82) is 0 Å². The van der Waals surface area contributed by atoms with Crippen LogP contribution in [0.15, 0.2) is 42.6 Å². The van der Waals surface area contributed by atoms with E-state index in [4.69, 9.17) is 10.5 Å². The molecule has 2 aromatic rings. The van der Waals surface area contributed by atoms with Crippen molar-refractivity contribution in [2.24, 2.45) is 5.73 Å². The molecule has 3 N–H and O–H groups in total. The molecule has 0 bridgehead atoms. The maximum Gasteiger partial charge on any atom is 0.255 e. The fourth-order valence-corrected chi connectivity index (χ4v) is 2.50. The Morgan fingerprint density at radius 3 is 2.42 bits per heavy atom. The molecule has 1 saturated heterocycles. The summed E-state index contributed by atoms with van der Waals surface area (Å²) in [6.45, 7) is 2.73. The van der Waals surface area contributed by atoms with Gasteiger partial charge in [-0.2, -0.15) is 0 Å². The zero-order valence-corrected chi connectivity index (χ0v) is 13.1. The van der Waals surface area contributed by atoms with Crippen molar-refractivity contribution < 1.29 is 14.3 Å². The summed E-state index contributed by atoms with van der Waals surface area (Å²) in [6.07, 6.45) is 1.70. The fourth-order valence-electron chi connectivity index (χ4n) is 2.50. The number of nitrogens with zero attached hydrogens (tertiary/aromatic N) is 2. The summed E-state index contributed by atoms with van der Waals surface area (Å²) in [5.41, 5.74) is 6.65. The van der Waals surface area contributed by atoms with Gasteiger partial charge in [0, 0.05) is 30.4 Å². The first-order valence-corrected chi connectivity index (χ1v) is 7.64.